The van der Waals surface area contributed by atoms with Crippen LogP contribution < -0.4 is 5.32 Å². The van der Waals surface area contributed by atoms with E-state index in [-0.39, 0.29) is 12.4 Å². The fraction of sp³-hybridized carbons (Fsp3) is 0.647. The highest BCUT2D eigenvalue weighted by Crippen LogP contribution is 2.21. The predicted molar refractivity (Wildman–Crippen MR) is 101 cm³/mol. The smallest absolute Gasteiger partial charge is 0.242 e. The molecule has 0 aromatic heterocycles. The molecule has 138 valence electrons. The van der Waals surface area contributed by atoms with Gasteiger partial charge in [0.05, 0.1) is 4.90 Å². The number of fused-ring (bicyclic) bond motifs is 1. The fourth-order valence-electron chi connectivity index (χ4n) is 2.97. The van der Waals surface area contributed by atoms with E-state index in [4.69, 9.17) is 0 Å². The zero-order valence-corrected chi connectivity index (χ0v) is 16.5. The molecule has 1 aromatic rings. The molecule has 0 radical (unpaired) electrons. The quantitative estimate of drug-likeness (QED) is 0.756. The highest BCUT2D eigenvalue weighted by Gasteiger charge is 2.22. The number of benzene rings is 1. The van der Waals surface area contributed by atoms with Crippen molar-refractivity contribution in [3.8, 4) is 0 Å². The minimum Gasteiger partial charge on any atom is -0.312 e. The Kier molecular flexibility index (Phi) is 8.67. The molecule has 1 aliphatic heterocycles. The number of nitrogens with one attached hydrogen (secondary N) is 1. The second-order valence-corrected chi connectivity index (χ2v) is 8.11. The maximum Gasteiger partial charge on any atom is 0.242 e. The summed E-state index contributed by atoms with van der Waals surface area (Å²) in [5.41, 5.74) is 2.36. The summed E-state index contributed by atoms with van der Waals surface area (Å²) < 4.78 is 26.9. The van der Waals surface area contributed by atoms with Crippen molar-refractivity contribution >= 4 is 22.4 Å². The molecule has 0 amide bonds. The molecular formula is C17H30ClN3O2S. The molecule has 0 spiro atoms. The summed E-state index contributed by atoms with van der Waals surface area (Å²) in [6, 6.07) is 5.55. The number of halogens is 1. The molecule has 0 atom stereocenters. The van der Waals surface area contributed by atoms with Gasteiger partial charge in [-0.25, -0.2) is 12.7 Å². The summed E-state index contributed by atoms with van der Waals surface area (Å²) >= 11 is 0. The molecule has 1 aliphatic rings. The van der Waals surface area contributed by atoms with Crippen molar-refractivity contribution in [1.82, 2.24) is 14.5 Å². The standard InChI is InChI=1S/C17H29N3O2S.ClH/c1-4-20(5-2)12-6-11-19(3)23(21,22)17-8-7-15-9-10-18-14-16(15)13-17;/h7-8,13,18H,4-6,9-12,14H2,1-3H3;1H. The van der Waals surface area contributed by atoms with E-state index in [0.29, 0.717) is 11.4 Å². The number of nitrogens with zero attached hydrogens (tertiary/aromatic N) is 2. The Labute approximate surface area is 152 Å². The van der Waals surface area contributed by atoms with Crippen LogP contribution in [0.1, 0.15) is 31.4 Å². The van der Waals surface area contributed by atoms with E-state index in [1.54, 1.807) is 13.1 Å². The lowest BCUT2D eigenvalue weighted by Crippen LogP contribution is -2.32. The average Bonchev–Trinajstić information content (AvgIpc) is 2.58. The van der Waals surface area contributed by atoms with Crippen LogP contribution in [0.25, 0.3) is 0 Å². The van der Waals surface area contributed by atoms with Gasteiger partial charge in [0.15, 0.2) is 0 Å². The van der Waals surface area contributed by atoms with E-state index in [2.05, 4.69) is 24.1 Å². The van der Waals surface area contributed by atoms with Crippen LogP contribution in [0.15, 0.2) is 23.1 Å². The molecule has 0 bridgehead atoms. The molecule has 0 unspecified atom stereocenters. The monoisotopic (exact) mass is 375 g/mol. The van der Waals surface area contributed by atoms with Crippen molar-refractivity contribution in [3.63, 3.8) is 0 Å². The Hall–Kier alpha value is -0.660. The highest BCUT2D eigenvalue weighted by atomic mass is 35.5. The van der Waals surface area contributed by atoms with Crippen molar-refractivity contribution in [2.24, 2.45) is 0 Å². The number of hydrogen-bond donors (Lipinski definition) is 1. The normalized spacial score (nSPS) is 14.5. The van der Waals surface area contributed by atoms with Gasteiger partial charge in [-0.2, -0.15) is 0 Å². The van der Waals surface area contributed by atoms with Crippen LogP contribution >= 0.6 is 12.4 Å². The van der Waals surface area contributed by atoms with Crippen molar-refractivity contribution in [2.75, 3.05) is 39.8 Å². The van der Waals surface area contributed by atoms with Crippen molar-refractivity contribution in [3.05, 3.63) is 29.3 Å². The summed E-state index contributed by atoms with van der Waals surface area (Å²) in [5, 5.41) is 3.29. The van der Waals surface area contributed by atoms with Gasteiger partial charge in [-0.1, -0.05) is 19.9 Å². The second-order valence-electron chi connectivity index (χ2n) is 6.06. The van der Waals surface area contributed by atoms with Gasteiger partial charge in [-0.15, -0.1) is 12.4 Å². The van der Waals surface area contributed by atoms with Crippen LogP contribution in [0.2, 0.25) is 0 Å². The molecule has 7 heteroatoms. The first-order chi connectivity index (χ1) is 11.0. The Morgan fingerprint density at radius 1 is 1.12 bits per heavy atom. The van der Waals surface area contributed by atoms with Crippen molar-refractivity contribution in [1.29, 1.82) is 0 Å². The molecule has 24 heavy (non-hydrogen) atoms. The van der Waals surface area contributed by atoms with Gasteiger partial charge in [0, 0.05) is 20.1 Å². The Morgan fingerprint density at radius 2 is 1.83 bits per heavy atom. The first-order valence-corrected chi connectivity index (χ1v) is 9.94. The first-order valence-electron chi connectivity index (χ1n) is 8.50. The number of rotatable bonds is 8. The van der Waals surface area contributed by atoms with Crippen molar-refractivity contribution in [2.45, 2.75) is 38.1 Å². The van der Waals surface area contributed by atoms with E-state index in [0.717, 1.165) is 51.1 Å². The maximum atomic E-state index is 12.7. The molecule has 0 saturated heterocycles. The molecule has 5 nitrogen and oxygen atoms in total. The largest absolute Gasteiger partial charge is 0.312 e. The molecular weight excluding hydrogens is 346 g/mol. The van der Waals surface area contributed by atoms with Gasteiger partial charge < -0.3 is 10.2 Å². The van der Waals surface area contributed by atoms with Gasteiger partial charge in [-0.3, -0.25) is 0 Å². The van der Waals surface area contributed by atoms with Crippen LogP contribution in [-0.2, 0) is 23.0 Å². The van der Waals surface area contributed by atoms with Crippen LogP contribution in [-0.4, -0.2) is 57.4 Å². The lowest BCUT2D eigenvalue weighted by molar-refractivity contribution is 0.289. The maximum absolute atomic E-state index is 12.7. The number of sulfonamides is 1. The second kappa shape index (κ2) is 9.73. The lowest BCUT2D eigenvalue weighted by atomic mass is 10.0. The SMILES string of the molecule is CCN(CC)CCCN(C)S(=O)(=O)c1ccc2c(c1)CNCC2.Cl. The third-order valence-electron chi connectivity index (χ3n) is 4.61. The van der Waals surface area contributed by atoms with Gasteiger partial charge in [0.1, 0.15) is 0 Å². The molecule has 0 fully saturated rings. The Morgan fingerprint density at radius 3 is 2.50 bits per heavy atom. The zero-order valence-electron chi connectivity index (χ0n) is 14.9. The summed E-state index contributed by atoms with van der Waals surface area (Å²) in [6.07, 6.45) is 1.82. The van der Waals surface area contributed by atoms with E-state index in [1.807, 2.05) is 12.1 Å². The highest BCUT2D eigenvalue weighted by molar-refractivity contribution is 7.89. The Balaban J connectivity index is 0.00000288. The molecule has 0 saturated carbocycles. The molecule has 0 aliphatic carbocycles. The van der Waals surface area contributed by atoms with Crippen LogP contribution in [0, 0.1) is 0 Å². The average molecular weight is 376 g/mol. The lowest BCUT2D eigenvalue weighted by Gasteiger charge is -2.22. The third kappa shape index (κ3) is 5.17. The van der Waals surface area contributed by atoms with Gasteiger partial charge in [-0.05, 0) is 62.3 Å². The third-order valence-corrected chi connectivity index (χ3v) is 6.47. The summed E-state index contributed by atoms with van der Waals surface area (Å²) in [4.78, 5) is 2.72. The molecule has 2 rings (SSSR count). The molecule has 1 aromatic carbocycles. The fourth-order valence-corrected chi connectivity index (χ4v) is 4.23. The van der Waals surface area contributed by atoms with Crippen molar-refractivity contribution < 1.29 is 8.42 Å². The zero-order chi connectivity index (χ0) is 16.9. The van der Waals surface area contributed by atoms with Crippen LogP contribution in [0.5, 0.6) is 0 Å². The summed E-state index contributed by atoms with van der Waals surface area (Å²) in [6.45, 7) is 9.47. The molecule has 1 heterocycles. The van der Waals surface area contributed by atoms with Gasteiger partial charge >= 0.3 is 0 Å². The first kappa shape index (κ1) is 21.4. The van der Waals surface area contributed by atoms with Gasteiger partial charge in [0.25, 0.3) is 0 Å². The number of hydrogen-bond acceptors (Lipinski definition) is 4. The molecule has 1 N–H and O–H groups in total. The Bertz CT molecular complexity index is 618. The topological polar surface area (TPSA) is 52.7 Å². The summed E-state index contributed by atoms with van der Waals surface area (Å²) in [7, 11) is -1.72. The van der Waals surface area contributed by atoms with E-state index in [9.17, 15) is 8.42 Å². The van der Waals surface area contributed by atoms with E-state index >= 15 is 0 Å². The predicted octanol–water partition coefficient (Wildman–Crippen LogP) is 2.11. The minimum absolute atomic E-state index is 0. The summed E-state index contributed by atoms with van der Waals surface area (Å²) in [5.74, 6) is 0. The van der Waals surface area contributed by atoms with Crippen LogP contribution in [0.3, 0.4) is 0 Å². The van der Waals surface area contributed by atoms with Crippen LogP contribution in [0.4, 0.5) is 0 Å². The minimum atomic E-state index is -3.40. The van der Waals surface area contributed by atoms with E-state index < -0.39 is 10.0 Å². The van der Waals surface area contributed by atoms with Gasteiger partial charge in [0.2, 0.25) is 10.0 Å². The van der Waals surface area contributed by atoms with E-state index in [1.165, 1.54) is 9.87 Å².